The van der Waals surface area contributed by atoms with Gasteiger partial charge < -0.3 is 10.3 Å². The summed E-state index contributed by atoms with van der Waals surface area (Å²) >= 11 is 0. The summed E-state index contributed by atoms with van der Waals surface area (Å²) in [5.41, 5.74) is 7.79. The van der Waals surface area contributed by atoms with Crippen molar-refractivity contribution >= 4 is 0 Å². The zero-order chi connectivity index (χ0) is 13.9. The van der Waals surface area contributed by atoms with E-state index in [4.69, 9.17) is 10.3 Å². The molecule has 2 aromatic heterocycles. The van der Waals surface area contributed by atoms with Crippen molar-refractivity contribution in [3.63, 3.8) is 0 Å². The minimum absolute atomic E-state index is 0.315. The Labute approximate surface area is 118 Å². The van der Waals surface area contributed by atoms with Gasteiger partial charge in [-0.1, -0.05) is 24.6 Å². The molecule has 5 nitrogen and oxygen atoms in total. The van der Waals surface area contributed by atoms with Gasteiger partial charge in [0.05, 0.1) is 0 Å². The molecule has 1 saturated carbocycles. The van der Waals surface area contributed by atoms with Crippen LogP contribution in [0.25, 0.3) is 11.5 Å². The third kappa shape index (κ3) is 2.33. The molecule has 0 aromatic carbocycles. The molecule has 2 atom stereocenters. The van der Waals surface area contributed by atoms with Crippen molar-refractivity contribution in [1.82, 2.24) is 15.1 Å². The Balaban J connectivity index is 1.90. The van der Waals surface area contributed by atoms with Gasteiger partial charge >= 0.3 is 0 Å². The van der Waals surface area contributed by atoms with Gasteiger partial charge in [0.2, 0.25) is 11.7 Å². The summed E-state index contributed by atoms with van der Waals surface area (Å²) in [5, 5.41) is 4.12. The van der Waals surface area contributed by atoms with E-state index < -0.39 is 0 Å². The quantitative estimate of drug-likeness (QED) is 0.925. The molecular weight excluding hydrogens is 252 g/mol. The van der Waals surface area contributed by atoms with Crippen molar-refractivity contribution in [3.05, 3.63) is 29.8 Å². The third-order valence-electron chi connectivity index (χ3n) is 4.20. The zero-order valence-electron chi connectivity index (χ0n) is 11.7. The Morgan fingerprint density at radius 2 is 2.30 bits per heavy atom. The van der Waals surface area contributed by atoms with E-state index in [1.54, 1.807) is 6.20 Å². The smallest absolute Gasteiger partial charge is 0.230 e. The summed E-state index contributed by atoms with van der Waals surface area (Å²) in [7, 11) is 0. The van der Waals surface area contributed by atoms with E-state index in [1.165, 1.54) is 6.42 Å². The van der Waals surface area contributed by atoms with Crippen molar-refractivity contribution in [2.24, 2.45) is 11.7 Å². The second kappa shape index (κ2) is 5.71. The van der Waals surface area contributed by atoms with Crippen molar-refractivity contribution in [2.75, 3.05) is 6.54 Å². The molecule has 2 heterocycles. The van der Waals surface area contributed by atoms with Gasteiger partial charge in [0.25, 0.3) is 0 Å². The summed E-state index contributed by atoms with van der Waals surface area (Å²) in [4.78, 5) is 8.96. The van der Waals surface area contributed by atoms with Crippen LogP contribution in [0.2, 0.25) is 0 Å². The summed E-state index contributed by atoms with van der Waals surface area (Å²) in [6.07, 6.45) is 6.10. The Morgan fingerprint density at radius 1 is 1.40 bits per heavy atom. The van der Waals surface area contributed by atoms with Crippen LogP contribution in [-0.2, 0) is 6.42 Å². The van der Waals surface area contributed by atoms with Crippen molar-refractivity contribution in [1.29, 1.82) is 0 Å². The summed E-state index contributed by atoms with van der Waals surface area (Å²) in [5.74, 6) is 2.11. The van der Waals surface area contributed by atoms with Crippen molar-refractivity contribution in [2.45, 2.75) is 38.5 Å². The molecule has 0 amide bonds. The molecule has 5 heteroatoms. The van der Waals surface area contributed by atoms with E-state index in [1.807, 2.05) is 6.07 Å². The van der Waals surface area contributed by atoms with E-state index in [0.29, 0.717) is 24.2 Å². The molecule has 1 aliphatic carbocycles. The molecule has 0 aliphatic heterocycles. The van der Waals surface area contributed by atoms with Crippen LogP contribution in [0.3, 0.4) is 0 Å². The first-order valence-electron chi connectivity index (χ1n) is 7.31. The number of hydrogen-bond acceptors (Lipinski definition) is 5. The summed E-state index contributed by atoms with van der Waals surface area (Å²) in [6, 6.07) is 3.99. The normalized spacial score (nSPS) is 22.3. The number of aryl methyl sites for hydroxylation is 1. The highest BCUT2D eigenvalue weighted by molar-refractivity contribution is 5.53. The van der Waals surface area contributed by atoms with Crippen molar-refractivity contribution < 1.29 is 4.52 Å². The Kier molecular flexibility index (Phi) is 3.78. The Bertz CT molecular complexity index is 581. The lowest BCUT2D eigenvalue weighted by atomic mass is 9.96. The Hall–Kier alpha value is -1.75. The van der Waals surface area contributed by atoms with Crippen LogP contribution < -0.4 is 5.73 Å². The highest BCUT2D eigenvalue weighted by Gasteiger charge is 2.32. The van der Waals surface area contributed by atoms with Crippen LogP contribution in [0, 0.1) is 5.92 Å². The van der Waals surface area contributed by atoms with Gasteiger partial charge in [0.1, 0.15) is 5.69 Å². The average Bonchev–Trinajstić information content (AvgIpc) is 3.15. The van der Waals surface area contributed by atoms with E-state index in [0.717, 1.165) is 36.4 Å². The Morgan fingerprint density at radius 3 is 3.10 bits per heavy atom. The fourth-order valence-corrected chi connectivity index (χ4v) is 3.05. The molecule has 2 aromatic rings. The molecule has 3 rings (SSSR count). The first kappa shape index (κ1) is 13.2. The lowest BCUT2D eigenvalue weighted by Gasteiger charge is -2.12. The summed E-state index contributed by atoms with van der Waals surface area (Å²) < 4.78 is 5.48. The van der Waals surface area contributed by atoms with Crippen molar-refractivity contribution in [3.8, 4) is 11.5 Å². The largest absolute Gasteiger partial charge is 0.339 e. The fraction of sp³-hybridized carbons (Fsp3) is 0.533. The van der Waals surface area contributed by atoms with Gasteiger partial charge in [-0.3, -0.25) is 4.98 Å². The molecule has 0 spiro atoms. The molecule has 20 heavy (non-hydrogen) atoms. The first-order valence-corrected chi connectivity index (χ1v) is 7.31. The van der Waals surface area contributed by atoms with Crippen LogP contribution in [0.5, 0.6) is 0 Å². The van der Waals surface area contributed by atoms with Crippen LogP contribution in [0.4, 0.5) is 0 Å². The number of rotatable bonds is 4. The number of aromatic nitrogens is 3. The molecule has 106 valence electrons. The monoisotopic (exact) mass is 272 g/mol. The standard InChI is InChI=1S/C15H20N4O/c1-2-10-6-4-8-17-13(10)14-18-15(20-19-14)12-7-3-5-11(12)9-16/h4,6,8,11-12H,2-3,5,7,9,16H2,1H3. The fourth-order valence-electron chi connectivity index (χ4n) is 3.05. The molecular formula is C15H20N4O. The zero-order valence-corrected chi connectivity index (χ0v) is 11.7. The van der Waals surface area contributed by atoms with E-state index in [-0.39, 0.29) is 0 Å². The van der Waals surface area contributed by atoms with Gasteiger partial charge in [-0.25, -0.2) is 0 Å². The molecule has 0 bridgehead atoms. The average molecular weight is 272 g/mol. The number of hydrogen-bond donors (Lipinski definition) is 1. The van der Waals surface area contributed by atoms with E-state index in [2.05, 4.69) is 28.1 Å². The third-order valence-corrected chi connectivity index (χ3v) is 4.20. The van der Waals surface area contributed by atoms with Gasteiger partial charge in [-0.2, -0.15) is 4.98 Å². The van der Waals surface area contributed by atoms with E-state index in [9.17, 15) is 0 Å². The molecule has 1 fully saturated rings. The maximum atomic E-state index is 5.82. The van der Waals surface area contributed by atoms with Crippen LogP contribution in [0.15, 0.2) is 22.9 Å². The van der Waals surface area contributed by atoms with Crippen LogP contribution >= 0.6 is 0 Å². The van der Waals surface area contributed by atoms with E-state index >= 15 is 0 Å². The van der Waals surface area contributed by atoms with Gasteiger partial charge in [0, 0.05) is 12.1 Å². The van der Waals surface area contributed by atoms with Crippen LogP contribution in [-0.4, -0.2) is 21.7 Å². The minimum atomic E-state index is 0.315. The maximum absolute atomic E-state index is 5.82. The second-order valence-corrected chi connectivity index (χ2v) is 5.35. The first-order chi connectivity index (χ1) is 9.83. The summed E-state index contributed by atoms with van der Waals surface area (Å²) in [6.45, 7) is 2.79. The van der Waals surface area contributed by atoms with Crippen LogP contribution in [0.1, 0.15) is 43.6 Å². The molecule has 1 aliphatic rings. The predicted molar refractivity (Wildman–Crippen MR) is 76.0 cm³/mol. The molecule has 2 N–H and O–H groups in total. The molecule has 0 radical (unpaired) electrons. The minimum Gasteiger partial charge on any atom is -0.339 e. The topological polar surface area (TPSA) is 77.8 Å². The van der Waals surface area contributed by atoms with Gasteiger partial charge in [-0.05, 0) is 43.4 Å². The van der Waals surface area contributed by atoms with Gasteiger partial charge in [-0.15, -0.1) is 0 Å². The molecule has 0 saturated heterocycles. The number of nitrogens with two attached hydrogens (primary N) is 1. The van der Waals surface area contributed by atoms with Gasteiger partial charge in [0.15, 0.2) is 0 Å². The number of pyridine rings is 1. The second-order valence-electron chi connectivity index (χ2n) is 5.35. The lowest BCUT2D eigenvalue weighted by Crippen LogP contribution is -2.17. The highest BCUT2D eigenvalue weighted by atomic mass is 16.5. The maximum Gasteiger partial charge on any atom is 0.230 e. The highest BCUT2D eigenvalue weighted by Crippen LogP contribution is 2.38. The predicted octanol–water partition coefficient (Wildman–Crippen LogP) is 2.54. The SMILES string of the molecule is CCc1cccnc1-c1noc(C2CCCC2CN)n1. The number of nitrogens with zero attached hydrogens (tertiary/aromatic N) is 3. The lowest BCUT2D eigenvalue weighted by molar-refractivity contribution is 0.326. The molecule has 2 unspecified atom stereocenters.